The van der Waals surface area contributed by atoms with Crippen LogP contribution in [0.15, 0.2) is 18.2 Å². The largest absolute Gasteiger partial charge is 0.439 e. The van der Waals surface area contributed by atoms with Gasteiger partial charge in [0.05, 0.1) is 12.1 Å². The van der Waals surface area contributed by atoms with Gasteiger partial charge in [0.15, 0.2) is 6.61 Å². The highest BCUT2D eigenvalue weighted by Gasteiger charge is 2.45. The summed E-state index contributed by atoms with van der Waals surface area (Å²) < 4.78 is 4.79. The van der Waals surface area contributed by atoms with Crippen LogP contribution in [-0.2, 0) is 27.4 Å². The number of imide groups is 1. The number of aromatic amines is 1. The maximum Gasteiger partial charge on any atom is 0.417 e. The van der Waals surface area contributed by atoms with Crippen molar-refractivity contribution >= 4 is 47.7 Å². The smallest absolute Gasteiger partial charge is 0.417 e. The fourth-order valence-corrected chi connectivity index (χ4v) is 5.38. The van der Waals surface area contributed by atoms with E-state index in [-0.39, 0.29) is 37.4 Å². The number of nitrogens with zero attached hydrogens (tertiary/aromatic N) is 2. The number of nitrogens with one attached hydrogen (secondary N) is 2. The molecule has 8 nitrogen and oxygen atoms in total. The number of benzene rings is 1. The zero-order valence-corrected chi connectivity index (χ0v) is 20.0. The number of carbonyl (C=O) groups is 3. The van der Waals surface area contributed by atoms with Crippen LogP contribution in [0.2, 0.25) is 0 Å². The number of aryl methyl sites for hydroxylation is 1. The summed E-state index contributed by atoms with van der Waals surface area (Å²) in [5, 5.41) is 2.91. The van der Waals surface area contributed by atoms with Gasteiger partial charge < -0.3 is 15.0 Å². The molecule has 0 radical (unpaired) electrons. The van der Waals surface area contributed by atoms with E-state index < -0.39 is 6.09 Å². The van der Waals surface area contributed by atoms with Gasteiger partial charge in [0.2, 0.25) is 0 Å². The van der Waals surface area contributed by atoms with Crippen LogP contribution in [0.1, 0.15) is 40.1 Å². The number of piperidine rings is 1. The van der Waals surface area contributed by atoms with Crippen molar-refractivity contribution in [2.24, 2.45) is 11.8 Å². The maximum atomic E-state index is 12.8. The molecule has 2 N–H and O–H groups in total. The molecule has 2 unspecified atom stereocenters. The molecule has 4 aliphatic rings. The van der Waals surface area contributed by atoms with Crippen molar-refractivity contribution in [2.45, 2.75) is 33.4 Å². The number of likely N-dealkylation sites (tertiary alicyclic amines) is 1. The third-order valence-electron chi connectivity index (χ3n) is 7.40. The molecule has 1 aromatic carbocycles. The van der Waals surface area contributed by atoms with Gasteiger partial charge in [-0.2, -0.15) is 0 Å². The van der Waals surface area contributed by atoms with Crippen molar-refractivity contribution in [1.29, 1.82) is 0 Å². The van der Waals surface area contributed by atoms with Gasteiger partial charge in [-0.25, -0.2) is 9.69 Å². The molecule has 9 heteroatoms. The van der Waals surface area contributed by atoms with Crippen molar-refractivity contribution in [1.82, 2.24) is 14.8 Å². The molecule has 3 fully saturated rings. The van der Waals surface area contributed by atoms with E-state index in [0.717, 1.165) is 51.5 Å². The molecule has 2 saturated heterocycles. The highest BCUT2D eigenvalue weighted by molar-refractivity contribution is 6.34. The monoisotopic (exact) mass is 482 g/mol. The molecule has 4 heterocycles. The number of carbonyl (C=O) groups excluding carboxylic acids is 3. The molecule has 0 bridgehead atoms. The fourth-order valence-electron chi connectivity index (χ4n) is 5.38. The van der Waals surface area contributed by atoms with Crippen LogP contribution in [0.3, 0.4) is 0 Å². The van der Waals surface area contributed by atoms with E-state index in [2.05, 4.69) is 29.0 Å². The van der Waals surface area contributed by atoms with Crippen molar-refractivity contribution < 1.29 is 19.1 Å². The Balaban J connectivity index is 0.00000241. The minimum atomic E-state index is -0.634. The van der Waals surface area contributed by atoms with Crippen molar-refractivity contribution in [3.63, 3.8) is 0 Å². The lowest BCUT2D eigenvalue weighted by atomic mass is 10.0. The number of hydrogen-bond acceptors (Lipinski definition) is 5. The fraction of sp³-hybridized carbons (Fsp3) is 0.400. The Bertz CT molecular complexity index is 1220. The van der Waals surface area contributed by atoms with Gasteiger partial charge in [0, 0.05) is 42.3 Å². The summed E-state index contributed by atoms with van der Waals surface area (Å²) in [4.78, 5) is 43.6. The Kier molecular flexibility index (Phi) is 5.53. The van der Waals surface area contributed by atoms with Gasteiger partial charge in [-0.05, 0) is 67.0 Å². The van der Waals surface area contributed by atoms with Crippen LogP contribution in [0.4, 0.5) is 10.5 Å². The number of ether oxygens (including phenoxy) is 1. The summed E-state index contributed by atoms with van der Waals surface area (Å²) in [6, 6.07) is 5.48. The van der Waals surface area contributed by atoms with Gasteiger partial charge in [0.1, 0.15) is 0 Å². The van der Waals surface area contributed by atoms with E-state index in [1.807, 2.05) is 24.3 Å². The summed E-state index contributed by atoms with van der Waals surface area (Å²) in [5.74, 6) is 1.28. The molecule has 1 saturated carbocycles. The second-order valence-electron chi connectivity index (χ2n) is 9.64. The average Bonchev–Trinajstić information content (AvgIpc) is 3.00. The summed E-state index contributed by atoms with van der Waals surface area (Å²) in [6.45, 7) is 7.42. The third-order valence-corrected chi connectivity index (χ3v) is 7.40. The van der Waals surface area contributed by atoms with Crippen LogP contribution < -0.4 is 5.32 Å². The number of aromatic nitrogens is 1. The second kappa shape index (κ2) is 8.29. The Morgan fingerprint density at radius 2 is 1.88 bits per heavy atom. The molecular formula is C25H27ClN4O4. The minimum absolute atomic E-state index is 0. The quantitative estimate of drug-likeness (QED) is 0.636. The number of fused-ring (bicyclic) bond motifs is 2. The number of cyclic esters (lactones) is 1. The van der Waals surface area contributed by atoms with Crippen LogP contribution in [-0.4, -0.2) is 52.4 Å². The standard InChI is InChI=1S/C25H26N4O4.ClH/c1-13-20(11-28-9-16-6-17(16)10-28)14(2)26-22(13)7-19-18-5-15(3-4-21(18)27-24(19)31)8-29-23(30)12-33-25(29)32;/h3-5,7,16-17,26H,6,8-12H2,1-2H3,(H,27,31);1H. The number of H-pyrrole nitrogens is 1. The first-order valence-corrected chi connectivity index (χ1v) is 11.4. The maximum absolute atomic E-state index is 12.8. The third kappa shape index (κ3) is 3.80. The van der Waals surface area contributed by atoms with E-state index in [4.69, 9.17) is 4.74 Å². The van der Waals surface area contributed by atoms with Crippen LogP contribution in [0.25, 0.3) is 11.6 Å². The average molecular weight is 483 g/mol. The zero-order chi connectivity index (χ0) is 22.9. The second-order valence-corrected chi connectivity index (χ2v) is 9.64. The first kappa shape index (κ1) is 22.7. The van der Waals surface area contributed by atoms with E-state index in [9.17, 15) is 14.4 Å². The first-order valence-electron chi connectivity index (χ1n) is 11.4. The minimum Gasteiger partial charge on any atom is -0.439 e. The SMILES string of the molecule is Cc1[nH]c(C=C2C(=O)Nc3ccc(CN4C(=O)COC4=O)cc32)c(C)c1CN1CC2CC2C1.Cl. The lowest BCUT2D eigenvalue weighted by molar-refractivity contribution is -0.126. The van der Waals surface area contributed by atoms with E-state index >= 15 is 0 Å². The van der Waals surface area contributed by atoms with Gasteiger partial charge >= 0.3 is 6.09 Å². The van der Waals surface area contributed by atoms with E-state index in [1.54, 1.807) is 0 Å². The Morgan fingerprint density at radius 1 is 1.12 bits per heavy atom. The summed E-state index contributed by atoms with van der Waals surface area (Å²) in [6.07, 6.45) is 2.67. The van der Waals surface area contributed by atoms with Gasteiger partial charge in [-0.3, -0.25) is 14.5 Å². The molecule has 2 atom stereocenters. The highest BCUT2D eigenvalue weighted by atomic mass is 35.5. The molecule has 3 aliphatic heterocycles. The number of hydrogen-bond donors (Lipinski definition) is 2. The molecule has 1 aliphatic carbocycles. The molecule has 6 rings (SSSR count). The predicted octanol–water partition coefficient (Wildman–Crippen LogP) is 3.48. The number of halogens is 1. The van der Waals surface area contributed by atoms with Crippen molar-refractivity contribution in [2.75, 3.05) is 25.0 Å². The highest BCUT2D eigenvalue weighted by Crippen LogP contribution is 2.45. The lowest BCUT2D eigenvalue weighted by Gasteiger charge is -2.17. The summed E-state index contributed by atoms with van der Waals surface area (Å²) in [7, 11) is 0. The van der Waals surface area contributed by atoms with Crippen molar-refractivity contribution in [3.05, 3.63) is 51.8 Å². The molecule has 3 amide bonds. The number of anilines is 1. The molecule has 1 aromatic heterocycles. The normalized spacial score (nSPS) is 24.2. The first-order chi connectivity index (χ1) is 15.9. The zero-order valence-electron chi connectivity index (χ0n) is 19.1. The molecular weight excluding hydrogens is 456 g/mol. The molecule has 2 aromatic rings. The summed E-state index contributed by atoms with van der Waals surface area (Å²) in [5.41, 5.74) is 7.38. The number of rotatable bonds is 5. The molecule has 178 valence electrons. The Morgan fingerprint density at radius 3 is 2.59 bits per heavy atom. The Hall–Kier alpha value is -3.10. The van der Waals surface area contributed by atoms with Crippen molar-refractivity contribution in [3.8, 4) is 0 Å². The number of amides is 3. The van der Waals surface area contributed by atoms with Crippen LogP contribution in [0.5, 0.6) is 0 Å². The van der Waals surface area contributed by atoms with Gasteiger partial charge in [-0.15, -0.1) is 12.4 Å². The van der Waals surface area contributed by atoms with Gasteiger partial charge in [0.25, 0.3) is 11.8 Å². The molecule has 0 spiro atoms. The van der Waals surface area contributed by atoms with Gasteiger partial charge in [-0.1, -0.05) is 6.07 Å². The summed E-state index contributed by atoms with van der Waals surface area (Å²) >= 11 is 0. The predicted molar refractivity (Wildman–Crippen MR) is 129 cm³/mol. The Labute approximate surface area is 203 Å². The van der Waals surface area contributed by atoms with E-state index in [0.29, 0.717) is 5.57 Å². The van der Waals surface area contributed by atoms with E-state index in [1.165, 1.54) is 30.6 Å². The topological polar surface area (TPSA) is 94.7 Å². The van der Waals surface area contributed by atoms with Crippen LogP contribution >= 0.6 is 12.4 Å². The molecule has 34 heavy (non-hydrogen) atoms. The van der Waals surface area contributed by atoms with Crippen LogP contribution in [0, 0.1) is 25.7 Å². The lowest BCUT2D eigenvalue weighted by Crippen LogP contribution is -2.28.